The van der Waals surface area contributed by atoms with Gasteiger partial charge >= 0.3 is 0 Å². The molecular weight excluding hydrogens is 296 g/mol. The highest BCUT2D eigenvalue weighted by Crippen LogP contribution is 2.40. The first-order valence-corrected chi connectivity index (χ1v) is 7.97. The summed E-state index contributed by atoms with van der Waals surface area (Å²) in [6.07, 6.45) is 4.48. The Bertz CT molecular complexity index is 760. The smallest absolute Gasteiger partial charge is 0.255 e. The van der Waals surface area contributed by atoms with E-state index in [9.17, 15) is 4.79 Å². The number of fused-ring (bicyclic) bond motifs is 1. The molecule has 1 saturated heterocycles. The van der Waals surface area contributed by atoms with E-state index in [1.807, 2.05) is 0 Å². The Labute approximate surface area is 133 Å². The molecule has 1 unspecified atom stereocenters. The molecule has 2 aliphatic rings. The molecule has 23 heavy (non-hydrogen) atoms. The van der Waals surface area contributed by atoms with E-state index in [1.54, 1.807) is 6.92 Å². The molecular formula is C16H20N4O3. The third-order valence-corrected chi connectivity index (χ3v) is 4.58. The van der Waals surface area contributed by atoms with Crippen molar-refractivity contribution in [1.82, 2.24) is 15.3 Å². The molecule has 2 aromatic heterocycles. The topological polar surface area (TPSA) is 89.3 Å². The molecule has 1 aliphatic heterocycles. The average Bonchev–Trinajstić information content (AvgIpc) is 2.91. The summed E-state index contributed by atoms with van der Waals surface area (Å²) >= 11 is 0. The van der Waals surface area contributed by atoms with Crippen LogP contribution in [0.3, 0.4) is 0 Å². The van der Waals surface area contributed by atoms with Crippen molar-refractivity contribution >= 4 is 22.8 Å². The Kier molecular flexibility index (Phi) is 3.26. The Morgan fingerprint density at radius 3 is 2.91 bits per heavy atom. The van der Waals surface area contributed by atoms with Crippen LogP contribution in [0.2, 0.25) is 0 Å². The van der Waals surface area contributed by atoms with E-state index < -0.39 is 0 Å². The van der Waals surface area contributed by atoms with E-state index in [2.05, 4.69) is 27.5 Å². The van der Waals surface area contributed by atoms with Gasteiger partial charge in [0, 0.05) is 12.1 Å². The zero-order valence-corrected chi connectivity index (χ0v) is 13.3. The molecule has 2 fully saturated rings. The fourth-order valence-corrected chi connectivity index (χ4v) is 2.92. The third-order valence-electron chi connectivity index (χ3n) is 4.58. The van der Waals surface area contributed by atoms with E-state index in [0.29, 0.717) is 41.5 Å². The second kappa shape index (κ2) is 5.19. The minimum atomic E-state index is -0.157. The van der Waals surface area contributed by atoms with E-state index in [0.717, 1.165) is 19.3 Å². The molecule has 3 heterocycles. The molecule has 1 amide bonds. The minimum absolute atomic E-state index is 0.0499. The van der Waals surface area contributed by atoms with Crippen molar-refractivity contribution in [3.8, 4) is 0 Å². The van der Waals surface area contributed by atoms with Crippen LogP contribution in [0.25, 0.3) is 11.1 Å². The number of carbonyl (C=O) groups excluding carboxylic acids is 1. The molecule has 2 aromatic rings. The summed E-state index contributed by atoms with van der Waals surface area (Å²) in [5.41, 5.74) is 1.01. The lowest BCUT2D eigenvalue weighted by atomic mass is 10.1. The number of rotatable bonds is 4. The number of ether oxygens (including phenoxy) is 1. The van der Waals surface area contributed by atoms with E-state index in [4.69, 9.17) is 9.15 Å². The lowest BCUT2D eigenvalue weighted by molar-refractivity contribution is 0.0930. The average molecular weight is 316 g/mol. The number of hydrogen-bond donors (Lipinski definition) is 2. The number of hydrogen-bond acceptors (Lipinski definition) is 6. The van der Waals surface area contributed by atoms with Gasteiger partial charge < -0.3 is 19.8 Å². The van der Waals surface area contributed by atoms with Crippen molar-refractivity contribution in [1.29, 1.82) is 0 Å². The first-order chi connectivity index (χ1) is 11.1. The summed E-state index contributed by atoms with van der Waals surface area (Å²) in [6, 6.07) is 0.0499. The maximum absolute atomic E-state index is 12.7. The van der Waals surface area contributed by atoms with E-state index in [1.165, 1.54) is 6.33 Å². The van der Waals surface area contributed by atoms with Crippen molar-refractivity contribution in [3.05, 3.63) is 17.7 Å². The summed E-state index contributed by atoms with van der Waals surface area (Å²) in [7, 11) is 0. The highest BCUT2D eigenvalue weighted by molar-refractivity contribution is 6.10. The fraction of sp³-hybridized carbons (Fsp3) is 0.562. The quantitative estimate of drug-likeness (QED) is 0.897. The number of carbonyl (C=O) groups is 1. The number of aryl methyl sites for hydroxylation is 1. The van der Waals surface area contributed by atoms with Crippen LogP contribution in [0.5, 0.6) is 0 Å². The van der Waals surface area contributed by atoms with Gasteiger partial charge in [-0.1, -0.05) is 0 Å². The van der Waals surface area contributed by atoms with Crippen LogP contribution in [-0.2, 0) is 4.74 Å². The molecule has 122 valence electrons. The van der Waals surface area contributed by atoms with Crippen LogP contribution in [-0.4, -0.2) is 40.7 Å². The number of amides is 1. The minimum Gasteiger partial charge on any atom is -0.442 e. The third kappa shape index (κ3) is 2.65. The molecule has 0 aromatic carbocycles. The summed E-state index contributed by atoms with van der Waals surface area (Å²) in [5.74, 6) is 1.07. The highest BCUT2D eigenvalue weighted by atomic mass is 16.5. The predicted molar refractivity (Wildman–Crippen MR) is 84.5 cm³/mol. The Morgan fingerprint density at radius 1 is 1.39 bits per heavy atom. The molecule has 4 rings (SSSR count). The molecule has 7 heteroatoms. The molecule has 0 spiro atoms. The summed E-state index contributed by atoms with van der Waals surface area (Å²) in [4.78, 5) is 21.2. The van der Waals surface area contributed by atoms with Crippen LogP contribution in [0.1, 0.15) is 42.3 Å². The fourth-order valence-electron chi connectivity index (χ4n) is 2.92. The standard InChI is InChI=1S/C16H20N4O3/c1-9-11(14(21)19-10-3-6-22-7-10)12-13(20-16(2)4-5-16)17-8-18-15(12)23-9/h8,10H,3-7H2,1-2H3,(H,19,21)(H,17,18,20). The Balaban J connectivity index is 1.72. The van der Waals surface area contributed by atoms with Crippen molar-refractivity contribution in [2.24, 2.45) is 0 Å². The zero-order valence-electron chi connectivity index (χ0n) is 13.3. The largest absolute Gasteiger partial charge is 0.442 e. The van der Waals surface area contributed by atoms with Gasteiger partial charge in [0.1, 0.15) is 17.9 Å². The van der Waals surface area contributed by atoms with Gasteiger partial charge in [0.25, 0.3) is 5.91 Å². The van der Waals surface area contributed by atoms with Crippen molar-refractivity contribution < 1.29 is 13.9 Å². The van der Waals surface area contributed by atoms with Crippen LogP contribution in [0, 0.1) is 6.92 Å². The van der Waals surface area contributed by atoms with Gasteiger partial charge in [-0.3, -0.25) is 4.79 Å². The summed E-state index contributed by atoms with van der Waals surface area (Å²) in [5, 5.41) is 7.10. The van der Waals surface area contributed by atoms with Crippen LogP contribution >= 0.6 is 0 Å². The van der Waals surface area contributed by atoms with Gasteiger partial charge in [-0.15, -0.1) is 0 Å². The maximum Gasteiger partial charge on any atom is 0.255 e. The summed E-state index contributed by atoms with van der Waals surface area (Å²) < 4.78 is 11.0. The van der Waals surface area contributed by atoms with Gasteiger partial charge in [0.2, 0.25) is 5.71 Å². The first-order valence-electron chi connectivity index (χ1n) is 7.97. The number of nitrogens with one attached hydrogen (secondary N) is 2. The van der Waals surface area contributed by atoms with E-state index >= 15 is 0 Å². The van der Waals surface area contributed by atoms with Gasteiger partial charge in [0.15, 0.2) is 0 Å². The first kappa shape index (κ1) is 14.4. The predicted octanol–water partition coefficient (Wildman–Crippen LogP) is 2.01. The van der Waals surface area contributed by atoms with Crippen LogP contribution in [0.15, 0.2) is 10.7 Å². The summed E-state index contributed by atoms with van der Waals surface area (Å²) in [6.45, 7) is 5.17. The SMILES string of the molecule is Cc1oc2ncnc(NC3(C)CC3)c2c1C(=O)NC1CCOC1. The Morgan fingerprint density at radius 2 is 2.22 bits per heavy atom. The lowest BCUT2D eigenvalue weighted by Gasteiger charge is -2.14. The Hall–Kier alpha value is -2.15. The maximum atomic E-state index is 12.7. The molecule has 0 radical (unpaired) electrons. The van der Waals surface area contributed by atoms with E-state index in [-0.39, 0.29) is 17.5 Å². The van der Waals surface area contributed by atoms with Gasteiger partial charge in [-0.05, 0) is 33.1 Å². The lowest BCUT2D eigenvalue weighted by Crippen LogP contribution is -2.35. The van der Waals surface area contributed by atoms with Crippen molar-refractivity contribution in [2.75, 3.05) is 18.5 Å². The zero-order chi connectivity index (χ0) is 16.0. The van der Waals surface area contributed by atoms with Crippen LogP contribution in [0.4, 0.5) is 5.82 Å². The second-order valence-corrected chi connectivity index (χ2v) is 6.66. The normalized spacial score (nSPS) is 22.3. The van der Waals surface area contributed by atoms with Crippen molar-refractivity contribution in [3.63, 3.8) is 0 Å². The molecule has 2 N–H and O–H groups in total. The second-order valence-electron chi connectivity index (χ2n) is 6.66. The van der Waals surface area contributed by atoms with Crippen LogP contribution < -0.4 is 10.6 Å². The molecule has 1 saturated carbocycles. The molecule has 7 nitrogen and oxygen atoms in total. The van der Waals surface area contributed by atoms with Gasteiger partial charge in [0.05, 0.1) is 23.6 Å². The highest BCUT2D eigenvalue weighted by Gasteiger charge is 2.38. The molecule has 1 atom stereocenters. The number of nitrogens with zero attached hydrogens (tertiary/aromatic N) is 2. The number of furan rings is 1. The monoisotopic (exact) mass is 316 g/mol. The van der Waals surface area contributed by atoms with Gasteiger partial charge in [-0.25, -0.2) is 9.97 Å². The number of aromatic nitrogens is 2. The number of anilines is 1. The van der Waals surface area contributed by atoms with Crippen molar-refractivity contribution in [2.45, 2.75) is 44.7 Å². The molecule has 1 aliphatic carbocycles. The van der Waals surface area contributed by atoms with Gasteiger partial charge in [-0.2, -0.15) is 0 Å². The molecule has 0 bridgehead atoms.